The summed E-state index contributed by atoms with van der Waals surface area (Å²) in [7, 11) is 0. The third-order valence-electron chi connectivity index (χ3n) is 2.41. The van der Waals surface area contributed by atoms with Crippen molar-refractivity contribution in [2.75, 3.05) is 11.9 Å². The highest BCUT2D eigenvalue weighted by atomic mass is 32.1. The Balaban J connectivity index is 1.75. The monoisotopic (exact) mass is 266 g/mol. The number of anilines is 1. The van der Waals surface area contributed by atoms with Crippen LogP contribution in [-0.4, -0.2) is 30.9 Å². The lowest BCUT2D eigenvalue weighted by molar-refractivity contribution is 0.554. The van der Waals surface area contributed by atoms with Crippen LogP contribution in [0.2, 0.25) is 0 Å². The van der Waals surface area contributed by atoms with Crippen LogP contribution in [0, 0.1) is 0 Å². The van der Waals surface area contributed by atoms with Gasteiger partial charge in [0.25, 0.3) is 0 Å². The van der Waals surface area contributed by atoms with Gasteiger partial charge in [-0.05, 0) is 6.42 Å². The molecule has 0 saturated heterocycles. The first-order valence-corrected chi connectivity index (χ1v) is 6.75. The molecule has 0 aromatic carbocycles. The summed E-state index contributed by atoms with van der Waals surface area (Å²) in [4.78, 5) is 4.48. The molecule has 0 amide bonds. The van der Waals surface area contributed by atoms with Crippen molar-refractivity contribution in [3.8, 4) is 0 Å². The number of hydrogen-bond acceptors (Lipinski definition) is 6. The Morgan fingerprint density at radius 2 is 2.22 bits per heavy atom. The van der Waals surface area contributed by atoms with E-state index >= 15 is 0 Å². The highest BCUT2D eigenvalue weighted by Gasteiger charge is 2.19. The van der Waals surface area contributed by atoms with Crippen molar-refractivity contribution in [2.24, 2.45) is 0 Å². The van der Waals surface area contributed by atoms with Crippen LogP contribution in [0.5, 0.6) is 0 Å². The van der Waals surface area contributed by atoms with E-state index < -0.39 is 0 Å². The molecule has 0 fully saturated rings. The van der Waals surface area contributed by atoms with Crippen LogP contribution in [0.25, 0.3) is 0 Å². The molecule has 0 unspecified atom stereocenters. The molecule has 0 saturated carbocycles. The average molecular weight is 266 g/mol. The Morgan fingerprint density at radius 3 is 2.83 bits per heavy atom. The molecule has 2 aromatic rings. The van der Waals surface area contributed by atoms with E-state index in [1.807, 2.05) is 10.9 Å². The van der Waals surface area contributed by atoms with Crippen LogP contribution in [-0.2, 0) is 12.0 Å². The Morgan fingerprint density at radius 1 is 1.39 bits per heavy atom. The Hall–Kier alpha value is -1.50. The molecule has 98 valence electrons. The van der Waals surface area contributed by atoms with Gasteiger partial charge in [0.15, 0.2) is 0 Å². The van der Waals surface area contributed by atoms with Gasteiger partial charge in [-0.15, -0.1) is 5.10 Å². The van der Waals surface area contributed by atoms with Gasteiger partial charge in [0.1, 0.15) is 5.82 Å². The summed E-state index contributed by atoms with van der Waals surface area (Å²) >= 11 is 1.42. The lowest BCUT2D eigenvalue weighted by Crippen LogP contribution is -2.13. The maximum atomic E-state index is 4.48. The van der Waals surface area contributed by atoms with Gasteiger partial charge in [0.05, 0.1) is 6.20 Å². The van der Waals surface area contributed by atoms with E-state index in [1.165, 1.54) is 11.5 Å². The highest BCUT2D eigenvalue weighted by molar-refractivity contribution is 7.09. The van der Waals surface area contributed by atoms with Gasteiger partial charge >= 0.3 is 0 Å². The maximum Gasteiger partial charge on any atom is 0.202 e. The van der Waals surface area contributed by atoms with Crippen molar-refractivity contribution in [3.63, 3.8) is 0 Å². The fourth-order valence-electron chi connectivity index (χ4n) is 1.39. The molecule has 6 nitrogen and oxygen atoms in total. The average Bonchev–Trinajstić information content (AvgIpc) is 2.95. The van der Waals surface area contributed by atoms with Gasteiger partial charge in [-0.3, -0.25) is 4.68 Å². The second-order valence-electron chi connectivity index (χ2n) is 5.12. The summed E-state index contributed by atoms with van der Waals surface area (Å²) in [6, 6.07) is 0. The third-order valence-corrected chi connectivity index (χ3v) is 3.08. The van der Waals surface area contributed by atoms with Gasteiger partial charge in [-0.25, -0.2) is 4.98 Å². The van der Waals surface area contributed by atoms with Crippen molar-refractivity contribution >= 4 is 16.7 Å². The molecule has 0 atom stereocenters. The molecule has 0 aliphatic heterocycles. The van der Waals surface area contributed by atoms with Crippen molar-refractivity contribution in [2.45, 2.75) is 39.2 Å². The quantitative estimate of drug-likeness (QED) is 0.837. The fraction of sp³-hybridized carbons (Fsp3) is 0.636. The zero-order valence-corrected chi connectivity index (χ0v) is 11.7. The van der Waals surface area contributed by atoms with Crippen molar-refractivity contribution in [3.05, 3.63) is 18.2 Å². The zero-order valence-electron chi connectivity index (χ0n) is 10.9. The lowest BCUT2D eigenvalue weighted by Gasteiger charge is -2.12. The fourth-order valence-corrected chi connectivity index (χ4v) is 2.17. The minimum absolute atomic E-state index is 0.0111. The van der Waals surface area contributed by atoms with Gasteiger partial charge < -0.3 is 5.32 Å². The van der Waals surface area contributed by atoms with Crippen molar-refractivity contribution < 1.29 is 0 Å². The first-order chi connectivity index (χ1) is 8.55. The SMILES string of the molecule is CC(C)(C)c1nsc(NCCCn2ccnn2)n1. The van der Waals surface area contributed by atoms with Crippen LogP contribution in [0.3, 0.4) is 0 Å². The smallest absolute Gasteiger partial charge is 0.202 e. The summed E-state index contributed by atoms with van der Waals surface area (Å²) in [5.41, 5.74) is 0.0111. The highest BCUT2D eigenvalue weighted by Crippen LogP contribution is 2.22. The second kappa shape index (κ2) is 5.43. The van der Waals surface area contributed by atoms with Crippen LogP contribution >= 0.6 is 11.5 Å². The van der Waals surface area contributed by atoms with Crippen molar-refractivity contribution in [1.29, 1.82) is 0 Å². The summed E-state index contributed by atoms with van der Waals surface area (Å²) in [5.74, 6) is 0.895. The summed E-state index contributed by atoms with van der Waals surface area (Å²) in [6.07, 6.45) is 4.53. The van der Waals surface area contributed by atoms with E-state index in [-0.39, 0.29) is 5.41 Å². The van der Waals surface area contributed by atoms with Crippen LogP contribution in [0.15, 0.2) is 12.4 Å². The third kappa shape index (κ3) is 3.49. The molecule has 2 aromatic heterocycles. The molecule has 0 bridgehead atoms. The topological polar surface area (TPSA) is 68.5 Å². The number of aryl methyl sites for hydroxylation is 1. The number of hydrogen-bond donors (Lipinski definition) is 1. The van der Waals surface area contributed by atoms with Gasteiger partial charge in [-0.1, -0.05) is 26.0 Å². The zero-order chi connectivity index (χ0) is 13.0. The number of nitrogens with zero attached hydrogens (tertiary/aromatic N) is 5. The predicted molar refractivity (Wildman–Crippen MR) is 71.7 cm³/mol. The van der Waals surface area contributed by atoms with Crippen LogP contribution in [0.1, 0.15) is 33.0 Å². The summed E-state index contributed by atoms with van der Waals surface area (Å²) in [6.45, 7) is 8.06. The van der Waals surface area contributed by atoms with Crippen LogP contribution in [0.4, 0.5) is 5.13 Å². The minimum Gasteiger partial charge on any atom is -0.360 e. The molecular weight excluding hydrogens is 248 g/mol. The standard InChI is InChI=1S/C11H18N6S/c1-11(2,3)9-14-10(18-15-9)12-5-4-7-17-8-6-13-16-17/h6,8H,4-5,7H2,1-3H3,(H,12,14,15). The molecule has 0 aliphatic rings. The van der Waals surface area contributed by atoms with E-state index in [2.05, 4.69) is 45.8 Å². The lowest BCUT2D eigenvalue weighted by atomic mass is 9.96. The number of rotatable bonds is 5. The second-order valence-corrected chi connectivity index (χ2v) is 5.87. The minimum atomic E-state index is 0.0111. The molecule has 1 N–H and O–H groups in total. The molecule has 2 rings (SSSR count). The van der Waals surface area contributed by atoms with E-state index in [0.29, 0.717) is 0 Å². The predicted octanol–water partition coefficient (Wildman–Crippen LogP) is 1.93. The Bertz CT molecular complexity index is 470. The van der Waals surface area contributed by atoms with Gasteiger partial charge in [-0.2, -0.15) is 4.37 Å². The molecule has 0 radical (unpaired) electrons. The van der Waals surface area contributed by atoms with E-state index in [0.717, 1.165) is 30.5 Å². The summed E-state index contributed by atoms with van der Waals surface area (Å²) < 4.78 is 6.18. The van der Waals surface area contributed by atoms with Crippen molar-refractivity contribution in [1.82, 2.24) is 24.4 Å². The van der Waals surface area contributed by atoms with Gasteiger partial charge in [0.2, 0.25) is 5.13 Å². The maximum absolute atomic E-state index is 4.48. The number of nitrogens with one attached hydrogen (secondary N) is 1. The molecule has 7 heteroatoms. The normalized spacial score (nSPS) is 11.7. The number of aromatic nitrogens is 5. The molecule has 18 heavy (non-hydrogen) atoms. The van der Waals surface area contributed by atoms with E-state index in [4.69, 9.17) is 0 Å². The molecular formula is C11H18N6S. The molecule has 0 aliphatic carbocycles. The molecule has 0 spiro atoms. The largest absolute Gasteiger partial charge is 0.360 e. The Kier molecular flexibility index (Phi) is 3.90. The first kappa shape index (κ1) is 12.9. The molecule has 2 heterocycles. The van der Waals surface area contributed by atoms with E-state index in [1.54, 1.807) is 6.20 Å². The summed E-state index contributed by atoms with van der Waals surface area (Å²) in [5, 5.41) is 11.8. The van der Waals surface area contributed by atoms with E-state index in [9.17, 15) is 0 Å². The first-order valence-electron chi connectivity index (χ1n) is 5.98. The van der Waals surface area contributed by atoms with Crippen LogP contribution < -0.4 is 5.32 Å². The van der Waals surface area contributed by atoms with Gasteiger partial charge in [0, 0.05) is 36.2 Å². The Labute approximate surface area is 111 Å².